The largest absolute Gasteiger partial charge is 0.352 e. The summed E-state index contributed by atoms with van der Waals surface area (Å²) in [6.07, 6.45) is 4.28. The standard InChI is InChI=1S/C14H15ClN2/c15-10-12-5-3-9-17(12)14-13-6-2-1-4-11(13)7-8-16-14/h1-2,4,6-8,12H,3,5,9-10H2. The van der Waals surface area contributed by atoms with Crippen LogP contribution in [0.5, 0.6) is 0 Å². The zero-order valence-corrected chi connectivity index (χ0v) is 10.4. The van der Waals surface area contributed by atoms with Gasteiger partial charge in [0.1, 0.15) is 5.82 Å². The Morgan fingerprint density at radius 2 is 2.18 bits per heavy atom. The fourth-order valence-electron chi connectivity index (χ4n) is 2.61. The van der Waals surface area contributed by atoms with E-state index in [1.807, 2.05) is 6.20 Å². The Labute approximate surface area is 106 Å². The maximum absolute atomic E-state index is 6.03. The molecule has 3 heteroatoms. The van der Waals surface area contributed by atoms with Crippen molar-refractivity contribution in [3.63, 3.8) is 0 Å². The van der Waals surface area contributed by atoms with Crippen molar-refractivity contribution in [2.45, 2.75) is 18.9 Å². The summed E-state index contributed by atoms with van der Waals surface area (Å²) in [5.74, 6) is 1.77. The van der Waals surface area contributed by atoms with Crippen LogP contribution in [0.3, 0.4) is 0 Å². The summed E-state index contributed by atoms with van der Waals surface area (Å²) in [5.41, 5.74) is 0. The van der Waals surface area contributed by atoms with E-state index >= 15 is 0 Å². The van der Waals surface area contributed by atoms with Gasteiger partial charge in [-0.15, -0.1) is 11.6 Å². The molecule has 2 nitrogen and oxygen atoms in total. The van der Waals surface area contributed by atoms with Crippen LogP contribution in [0, 0.1) is 0 Å². The molecule has 1 aliphatic rings. The van der Waals surface area contributed by atoms with Gasteiger partial charge in [-0.3, -0.25) is 0 Å². The topological polar surface area (TPSA) is 16.1 Å². The van der Waals surface area contributed by atoms with E-state index in [1.54, 1.807) is 0 Å². The third kappa shape index (κ3) is 1.87. The summed E-state index contributed by atoms with van der Waals surface area (Å²) in [7, 11) is 0. The van der Waals surface area contributed by atoms with Gasteiger partial charge in [0.2, 0.25) is 0 Å². The van der Waals surface area contributed by atoms with E-state index in [1.165, 1.54) is 23.6 Å². The highest BCUT2D eigenvalue weighted by atomic mass is 35.5. The third-order valence-electron chi connectivity index (χ3n) is 3.48. The van der Waals surface area contributed by atoms with Crippen LogP contribution >= 0.6 is 11.6 Å². The number of pyridine rings is 1. The molecule has 1 aliphatic heterocycles. The van der Waals surface area contributed by atoms with Crippen molar-refractivity contribution in [1.82, 2.24) is 4.98 Å². The van der Waals surface area contributed by atoms with E-state index in [0.717, 1.165) is 12.4 Å². The van der Waals surface area contributed by atoms with Gasteiger partial charge in [-0.25, -0.2) is 4.98 Å². The molecule has 0 bridgehead atoms. The Kier molecular flexibility index (Phi) is 2.89. The quantitative estimate of drug-likeness (QED) is 0.755. The first-order valence-corrected chi connectivity index (χ1v) is 6.60. The van der Waals surface area contributed by atoms with Gasteiger partial charge in [0.05, 0.1) is 0 Å². The molecule has 1 fully saturated rings. The molecule has 1 aromatic heterocycles. The predicted molar refractivity (Wildman–Crippen MR) is 72.8 cm³/mol. The highest BCUT2D eigenvalue weighted by Crippen LogP contribution is 2.30. The molecule has 2 aromatic rings. The van der Waals surface area contributed by atoms with Crippen molar-refractivity contribution in [2.24, 2.45) is 0 Å². The van der Waals surface area contributed by atoms with Crippen LogP contribution in [-0.2, 0) is 0 Å². The molecule has 3 rings (SSSR count). The fraction of sp³-hybridized carbons (Fsp3) is 0.357. The van der Waals surface area contributed by atoms with Crippen LogP contribution in [-0.4, -0.2) is 23.5 Å². The number of hydrogen-bond acceptors (Lipinski definition) is 2. The summed E-state index contributed by atoms with van der Waals surface area (Å²) >= 11 is 6.03. The molecule has 17 heavy (non-hydrogen) atoms. The Morgan fingerprint density at radius 1 is 1.29 bits per heavy atom. The van der Waals surface area contributed by atoms with Crippen LogP contribution in [0.15, 0.2) is 36.5 Å². The summed E-state index contributed by atoms with van der Waals surface area (Å²) < 4.78 is 0. The van der Waals surface area contributed by atoms with Gasteiger partial charge in [0.15, 0.2) is 0 Å². The average molecular weight is 247 g/mol. The Balaban J connectivity index is 2.10. The molecule has 1 aromatic carbocycles. The highest BCUT2D eigenvalue weighted by molar-refractivity contribution is 6.18. The number of anilines is 1. The zero-order valence-electron chi connectivity index (χ0n) is 9.64. The van der Waals surface area contributed by atoms with Crippen LogP contribution < -0.4 is 4.90 Å². The SMILES string of the molecule is ClCC1CCCN1c1nccc2ccccc12. The lowest BCUT2D eigenvalue weighted by molar-refractivity contribution is 0.736. The maximum atomic E-state index is 6.03. The van der Waals surface area contributed by atoms with Crippen LogP contribution in [0.4, 0.5) is 5.82 Å². The van der Waals surface area contributed by atoms with Crippen molar-refractivity contribution in [1.29, 1.82) is 0 Å². The van der Waals surface area contributed by atoms with Gasteiger partial charge >= 0.3 is 0 Å². The summed E-state index contributed by atoms with van der Waals surface area (Å²) in [6.45, 7) is 1.07. The second-order valence-corrected chi connectivity index (χ2v) is 4.81. The molecule has 88 valence electrons. The first-order valence-electron chi connectivity index (χ1n) is 6.06. The molecule has 2 heterocycles. The first kappa shape index (κ1) is 10.8. The highest BCUT2D eigenvalue weighted by Gasteiger charge is 2.25. The smallest absolute Gasteiger partial charge is 0.136 e. The lowest BCUT2D eigenvalue weighted by Crippen LogP contribution is -2.31. The van der Waals surface area contributed by atoms with Gasteiger partial charge in [-0.1, -0.05) is 24.3 Å². The summed E-state index contributed by atoms with van der Waals surface area (Å²) in [5, 5.41) is 2.48. The number of alkyl halides is 1. The van der Waals surface area contributed by atoms with Crippen molar-refractivity contribution in [3.05, 3.63) is 36.5 Å². The maximum Gasteiger partial charge on any atom is 0.136 e. The average Bonchev–Trinajstić information content (AvgIpc) is 2.86. The minimum Gasteiger partial charge on any atom is -0.352 e. The second kappa shape index (κ2) is 4.53. The minimum absolute atomic E-state index is 0.440. The number of aromatic nitrogens is 1. The van der Waals surface area contributed by atoms with Crippen LogP contribution in [0.1, 0.15) is 12.8 Å². The molecule has 0 aliphatic carbocycles. The lowest BCUT2D eigenvalue weighted by Gasteiger charge is -2.25. The molecule has 0 N–H and O–H groups in total. The lowest BCUT2D eigenvalue weighted by atomic mass is 10.1. The molecule has 1 unspecified atom stereocenters. The van der Waals surface area contributed by atoms with E-state index in [2.05, 4.69) is 40.2 Å². The number of nitrogens with zero attached hydrogens (tertiary/aromatic N) is 2. The predicted octanol–water partition coefficient (Wildman–Crippen LogP) is 3.44. The monoisotopic (exact) mass is 246 g/mol. The van der Waals surface area contributed by atoms with E-state index in [0.29, 0.717) is 11.9 Å². The van der Waals surface area contributed by atoms with Crippen molar-refractivity contribution < 1.29 is 0 Å². The molecule has 0 saturated carbocycles. The molecule has 1 saturated heterocycles. The number of rotatable bonds is 2. The van der Waals surface area contributed by atoms with Crippen molar-refractivity contribution in [3.8, 4) is 0 Å². The normalized spacial score (nSPS) is 20.1. The fourth-order valence-corrected chi connectivity index (χ4v) is 2.93. The molecule has 0 amide bonds. The molecule has 0 radical (unpaired) electrons. The summed E-state index contributed by atoms with van der Waals surface area (Å²) in [6, 6.07) is 10.9. The number of hydrogen-bond donors (Lipinski definition) is 0. The van der Waals surface area contributed by atoms with E-state index in [9.17, 15) is 0 Å². The van der Waals surface area contributed by atoms with E-state index in [4.69, 9.17) is 11.6 Å². The van der Waals surface area contributed by atoms with Crippen LogP contribution in [0.2, 0.25) is 0 Å². The van der Waals surface area contributed by atoms with E-state index in [-0.39, 0.29) is 0 Å². The van der Waals surface area contributed by atoms with Gasteiger partial charge in [0.25, 0.3) is 0 Å². The van der Waals surface area contributed by atoms with E-state index < -0.39 is 0 Å². The number of benzene rings is 1. The van der Waals surface area contributed by atoms with Crippen LogP contribution in [0.25, 0.3) is 10.8 Å². The van der Waals surface area contributed by atoms with Gasteiger partial charge < -0.3 is 4.90 Å². The zero-order chi connectivity index (χ0) is 11.7. The minimum atomic E-state index is 0.440. The Hall–Kier alpha value is -1.28. The van der Waals surface area contributed by atoms with Crippen molar-refractivity contribution in [2.75, 3.05) is 17.3 Å². The third-order valence-corrected chi connectivity index (χ3v) is 3.84. The van der Waals surface area contributed by atoms with Gasteiger partial charge in [0, 0.05) is 30.0 Å². The van der Waals surface area contributed by atoms with Crippen molar-refractivity contribution >= 4 is 28.2 Å². The summed E-state index contributed by atoms with van der Waals surface area (Å²) in [4.78, 5) is 6.91. The molecular weight excluding hydrogens is 232 g/mol. The van der Waals surface area contributed by atoms with Gasteiger partial charge in [-0.2, -0.15) is 0 Å². The Morgan fingerprint density at radius 3 is 3.06 bits per heavy atom. The Bertz CT molecular complexity index is 521. The van der Waals surface area contributed by atoms with Gasteiger partial charge in [-0.05, 0) is 24.3 Å². The molecule has 1 atom stereocenters. The number of halogens is 1. The second-order valence-electron chi connectivity index (χ2n) is 4.50. The molecular formula is C14H15ClN2. The number of fused-ring (bicyclic) bond motifs is 1. The first-order chi connectivity index (χ1) is 8.40. The molecule has 0 spiro atoms.